The minimum absolute atomic E-state index is 0.120. The van der Waals surface area contributed by atoms with Crippen molar-refractivity contribution in [3.63, 3.8) is 0 Å². The van der Waals surface area contributed by atoms with Crippen LogP contribution >= 0.6 is 0 Å². The van der Waals surface area contributed by atoms with Gasteiger partial charge in [-0.2, -0.15) is 0 Å². The molecule has 11 rings (SSSR count). The van der Waals surface area contributed by atoms with Gasteiger partial charge in [0.25, 0.3) is 0 Å². The van der Waals surface area contributed by atoms with Gasteiger partial charge in [-0.15, -0.1) is 0 Å². The number of nitrogens with zero attached hydrogens (tertiary/aromatic N) is 5. The maximum absolute atomic E-state index is 6.78. The van der Waals surface area contributed by atoms with Crippen LogP contribution in [-0.4, -0.2) is 23.1 Å². The van der Waals surface area contributed by atoms with Crippen molar-refractivity contribution in [2.24, 2.45) is 7.05 Å². The Kier molecular flexibility index (Phi) is 6.80. The zero-order chi connectivity index (χ0) is 37.3. The van der Waals surface area contributed by atoms with E-state index in [1.54, 1.807) is 0 Å². The van der Waals surface area contributed by atoms with Crippen molar-refractivity contribution in [2.75, 3.05) is 0 Å². The summed E-state index contributed by atoms with van der Waals surface area (Å²) in [6, 6.07) is 48.6. The van der Waals surface area contributed by atoms with E-state index >= 15 is 0 Å². The monoisotopic (exact) mass is 892 g/mol. The Balaban J connectivity index is 1.14. The first-order valence-corrected chi connectivity index (χ1v) is 19.7. The summed E-state index contributed by atoms with van der Waals surface area (Å²) in [5.74, 6) is 2.10. The number of ether oxygens (including phenoxy) is 1. The Hall–Kier alpha value is -5.97. The first kappa shape index (κ1) is 32.5. The van der Waals surface area contributed by atoms with E-state index in [2.05, 4.69) is 187 Å². The van der Waals surface area contributed by atoms with Crippen LogP contribution in [0.2, 0.25) is 0 Å². The molecule has 0 amide bonds. The molecule has 0 fully saturated rings. The number of aryl methyl sites for hydroxylation is 2. The first-order valence-electron chi connectivity index (χ1n) is 18.5. The van der Waals surface area contributed by atoms with Crippen molar-refractivity contribution in [2.45, 2.75) is 33.1 Å². The number of rotatable bonds is 4. The molecule has 0 atom stereocenters. The van der Waals surface area contributed by atoms with E-state index in [-0.39, 0.29) is 5.41 Å². The van der Waals surface area contributed by atoms with E-state index in [1.165, 1.54) is 38.1 Å². The van der Waals surface area contributed by atoms with Crippen LogP contribution in [0.3, 0.4) is 0 Å². The third kappa shape index (κ3) is 4.71. The van der Waals surface area contributed by atoms with Gasteiger partial charge in [0.2, 0.25) is 0 Å². The van der Waals surface area contributed by atoms with E-state index in [4.69, 9.17) is 9.72 Å². The first-order chi connectivity index (χ1) is 26.6. The number of aromatic nitrogens is 5. The van der Waals surface area contributed by atoms with Gasteiger partial charge in [-0.25, -0.2) is 0 Å². The second-order valence-electron chi connectivity index (χ2n) is 15.6. The van der Waals surface area contributed by atoms with Crippen LogP contribution in [0.1, 0.15) is 31.9 Å². The zero-order valence-electron chi connectivity index (χ0n) is 31.0. The van der Waals surface area contributed by atoms with Crippen molar-refractivity contribution >= 4 is 70.9 Å². The summed E-state index contributed by atoms with van der Waals surface area (Å²) in [4.78, 5) is 4.91. The quantitative estimate of drug-likeness (QED) is 0.165. The second-order valence-corrected chi connectivity index (χ2v) is 16.7. The SMILES string of the molecule is Cc1ccnc(-n2c3[c-]c(Oc4[c-]c(-n5[c](=[Pt])n(C)c6ccccc65)cc(C(C)(C)C)c4)ccc3c3cc4c5cccc6c7ccccc7n(c4cc32)c65)c1. The van der Waals surface area contributed by atoms with Crippen LogP contribution in [0.25, 0.3) is 82.4 Å². The van der Waals surface area contributed by atoms with Crippen LogP contribution in [-0.2, 0) is 31.8 Å². The molecule has 0 aliphatic heterocycles. The van der Waals surface area contributed by atoms with E-state index in [1.807, 2.05) is 18.3 Å². The summed E-state index contributed by atoms with van der Waals surface area (Å²) >= 11 is 2.40. The summed E-state index contributed by atoms with van der Waals surface area (Å²) in [6.07, 6.45) is 1.88. The Labute approximate surface area is 328 Å². The Morgan fingerprint density at radius 2 is 1.35 bits per heavy atom. The number of hydrogen-bond donors (Lipinski definition) is 0. The third-order valence-electron chi connectivity index (χ3n) is 11.2. The fourth-order valence-electron chi connectivity index (χ4n) is 8.53. The van der Waals surface area contributed by atoms with Gasteiger partial charge in [0.05, 0.1) is 16.6 Å². The molecule has 0 saturated carbocycles. The van der Waals surface area contributed by atoms with Crippen LogP contribution in [0.4, 0.5) is 0 Å². The Bertz CT molecular complexity index is 3440. The van der Waals surface area contributed by atoms with Gasteiger partial charge in [-0.1, -0.05) is 36.4 Å². The van der Waals surface area contributed by atoms with Crippen molar-refractivity contribution in [3.05, 3.63) is 149 Å². The average Bonchev–Trinajstić information content (AvgIpc) is 3.87. The summed E-state index contributed by atoms with van der Waals surface area (Å²) in [7, 11) is 2.10. The molecule has 0 spiro atoms. The van der Waals surface area contributed by atoms with Crippen LogP contribution in [0.15, 0.2) is 121 Å². The number of hydrogen-bond acceptors (Lipinski definition) is 2. The fourth-order valence-corrected chi connectivity index (χ4v) is 9.35. The molecule has 0 aliphatic rings. The minimum atomic E-state index is -0.120. The molecule has 5 heterocycles. The molecule has 0 bridgehead atoms. The van der Waals surface area contributed by atoms with Crippen molar-refractivity contribution in [1.82, 2.24) is 23.1 Å². The molecule has 6 aromatic carbocycles. The number of para-hydroxylation sites is 4. The van der Waals surface area contributed by atoms with Gasteiger partial charge >= 0.3 is 220 Å². The molecule has 0 unspecified atom stereocenters. The van der Waals surface area contributed by atoms with Gasteiger partial charge in [-0.05, 0) is 24.6 Å². The van der Waals surface area contributed by atoms with Gasteiger partial charge in [0.1, 0.15) is 0 Å². The summed E-state index contributed by atoms with van der Waals surface area (Å²) < 4.78 is 17.0. The molecule has 0 radical (unpaired) electrons. The predicted octanol–water partition coefficient (Wildman–Crippen LogP) is 11.7. The second kappa shape index (κ2) is 11.5. The summed E-state index contributed by atoms with van der Waals surface area (Å²) in [6.45, 7) is 8.81. The number of benzene rings is 6. The topological polar surface area (TPSA) is 41.3 Å². The van der Waals surface area contributed by atoms with Gasteiger partial charge < -0.3 is 4.40 Å². The van der Waals surface area contributed by atoms with Gasteiger partial charge in [0, 0.05) is 27.7 Å². The van der Waals surface area contributed by atoms with Crippen LogP contribution in [0, 0.1) is 22.9 Å². The normalized spacial score (nSPS) is 12.6. The summed E-state index contributed by atoms with van der Waals surface area (Å²) in [5.41, 5.74) is 11.0. The van der Waals surface area contributed by atoms with Crippen molar-refractivity contribution in [3.8, 4) is 23.0 Å². The number of fused-ring (bicyclic) bond motifs is 10. The standard InChI is InChI=1S/C48H35N5O.Pt/c1-29-19-20-49-46(21-29)52-43-25-32(54-33-23-30(48(2,3)4)22-31(24-33)51-28-50(5)41-15-8-9-16-42(41)51)17-18-35(43)38-26-39-37-13-10-12-36-34-11-6-7-14-40(34)53(47(36)37)45(39)27-44(38)52;/h6-23,26-27H,1-5H3;/q-2;. The third-order valence-corrected chi connectivity index (χ3v) is 12.5. The zero-order valence-corrected chi connectivity index (χ0v) is 33.3. The van der Waals surface area contributed by atoms with Crippen LogP contribution < -0.4 is 4.74 Å². The molecule has 5 aromatic heterocycles. The van der Waals surface area contributed by atoms with Gasteiger partial charge in [0.15, 0.2) is 0 Å². The molecule has 0 N–H and O–H groups in total. The van der Waals surface area contributed by atoms with E-state index < -0.39 is 0 Å². The number of imidazole rings is 1. The van der Waals surface area contributed by atoms with E-state index in [9.17, 15) is 0 Å². The van der Waals surface area contributed by atoms with Crippen molar-refractivity contribution in [1.29, 1.82) is 0 Å². The molecule has 0 saturated heterocycles. The molecule has 7 heteroatoms. The Morgan fingerprint density at radius 1 is 0.618 bits per heavy atom. The molecule has 270 valence electrons. The molecule has 11 aromatic rings. The molecule has 55 heavy (non-hydrogen) atoms. The average molecular weight is 893 g/mol. The van der Waals surface area contributed by atoms with Crippen LogP contribution in [0.5, 0.6) is 11.5 Å². The van der Waals surface area contributed by atoms with E-state index in [0.29, 0.717) is 11.5 Å². The molecule has 6 nitrogen and oxygen atoms in total. The predicted molar refractivity (Wildman–Crippen MR) is 220 cm³/mol. The molecular weight excluding hydrogens is 858 g/mol. The molecular formula is C48H35N5OPt-2. The maximum atomic E-state index is 6.78. The van der Waals surface area contributed by atoms with Crippen molar-refractivity contribution < 1.29 is 24.1 Å². The molecule has 0 aliphatic carbocycles. The smallest absolute Gasteiger partial charge is 0.0620 e. The summed E-state index contributed by atoms with van der Waals surface area (Å²) in [5, 5.41) is 7.28. The number of pyridine rings is 1. The minimum Gasteiger partial charge on any atom is 0.0620 e. The fraction of sp³-hybridized carbons (Fsp3) is 0.125. The van der Waals surface area contributed by atoms with Gasteiger partial charge in [-0.3, -0.25) is 0 Å². The Morgan fingerprint density at radius 3 is 2.15 bits per heavy atom. The van der Waals surface area contributed by atoms with E-state index in [0.717, 1.165) is 59.3 Å².